The lowest BCUT2D eigenvalue weighted by atomic mass is 9.86. The summed E-state index contributed by atoms with van der Waals surface area (Å²) in [5.41, 5.74) is 5.59. The number of quaternary nitrogens is 1. The minimum atomic E-state index is -0.00199. The number of ether oxygens (including phenoxy) is 1. The van der Waals surface area contributed by atoms with Gasteiger partial charge in [-0.1, -0.05) is 35.8 Å². The number of fused-ring (bicyclic) bond motifs is 2. The van der Waals surface area contributed by atoms with Crippen molar-refractivity contribution >= 4 is 33.7 Å². The number of aromatic nitrogens is 1. The normalized spacial score (nSPS) is 17.9. The Labute approximate surface area is 228 Å². The number of benzene rings is 3. The molecule has 7 heteroatoms. The van der Waals surface area contributed by atoms with Crippen LogP contribution in [0.1, 0.15) is 54.9 Å². The Kier molecular flexibility index (Phi) is 6.24. The molecule has 3 aliphatic rings. The summed E-state index contributed by atoms with van der Waals surface area (Å²) in [6.07, 6.45) is 6.85. The summed E-state index contributed by atoms with van der Waals surface area (Å²) in [6, 6.07) is 18.5. The number of nitrogens with zero attached hydrogens (tertiary/aromatic N) is 2. The lowest BCUT2D eigenvalue weighted by molar-refractivity contribution is -0.927. The molecule has 2 fully saturated rings. The fraction of sp³-hybridized carbons (Fsp3) is 0.375. The predicted octanol–water partition coefficient (Wildman–Crippen LogP) is 5.22. The molecule has 0 bridgehead atoms. The standard InChI is InChI=1S/C32H34N4O3/c1-2-38-23-14-12-21(13-15-23)33-26-20-27(36-18-16-35(17-19-36)22-8-4-3-5-9-22)30-29-28(26)31(37)24-10-6-7-11-25(24)32(29)39-34-30/h6-7,10-15,20,22,33H,2-5,8-9,16-19H2,1H3/p+1. The van der Waals surface area contributed by atoms with Crippen molar-refractivity contribution in [2.24, 2.45) is 0 Å². The number of piperazine rings is 1. The molecule has 2 heterocycles. The minimum absolute atomic E-state index is 0.00199. The maximum atomic E-state index is 13.9. The van der Waals surface area contributed by atoms with E-state index in [0.717, 1.165) is 71.5 Å². The number of rotatable bonds is 6. The molecule has 7 rings (SSSR count). The van der Waals surface area contributed by atoms with Crippen LogP contribution in [-0.4, -0.2) is 49.8 Å². The van der Waals surface area contributed by atoms with E-state index < -0.39 is 0 Å². The Morgan fingerprint density at radius 3 is 2.51 bits per heavy atom. The van der Waals surface area contributed by atoms with E-state index in [9.17, 15) is 4.79 Å². The molecule has 2 aliphatic carbocycles. The van der Waals surface area contributed by atoms with Crippen LogP contribution in [-0.2, 0) is 0 Å². The van der Waals surface area contributed by atoms with Gasteiger partial charge in [-0.25, -0.2) is 0 Å². The Morgan fingerprint density at radius 2 is 1.77 bits per heavy atom. The average Bonchev–Trinajstić information content (AvgIpc) is 3.43. The summed E-state index contributed by atoms with van der Waals surface area (Å²) >= 11 is 0. The summed E-state index contributed by atoms with van der Waals surface area (Å²) in [6.45, 7) is 6.79. The lowest BCUT2D eigenvalue weighted by Gasteiger charge is -2.39. The van der Waals surface area contributed by atoms with Crippen molar-refractivity contribution in [1.82, 2.24) is 5.16 Å². The first-order valence-electron chi connectivity index (χ1n) is 14.4. The molecule has 1 aliphatic heterocycles. The number of hydrogen-bond acceptors (Lipinski definition) is 6. The van der Waals surface area contributed by atoms with Gasteiger partial charge in [-0.15, -0.1) is 0 Å². The van der Waals surface area contributed by atoms with Gasteiger partial charge < -0.3 is 24.4 Å². The van der Waals surface area contributed by atoms with Crippen molar-refractivity contribution in [3.63, 3.8) is 0 Å². The van der Waals surface area contributed by atoms with Gasteiger partial charge in [0.1, 0.15) is 11.3 Å². The van der Waals surface area contributed by atoms with Crippen molar-refractivity contribution in [3.05, 3.63) is 65.7 Å². The first kappa shape index (κ1) is 24.2. The molecule has 200 valence electrons. The number of carbonyl (C=O) groups is 1. The smallest absolute Gasteiger partial charge is 0.196 e. The first-order valence-corrected chi connectivity index (χ1v) is 14.4. The van der Waals surface area contributed by atoms with Crippen LogP contribution in [0.25, 0.3) is 22.2 Å². The number of anilines is 3. The van der Waals surface area contributed by atoms with Crippen LogP contribution in [0, 0.1) is 0 Å². The van der Waals surface area contributed by atoms with Gasteiger partial charge in [-0.3, -0.25) is 4.79 Å². The van der Waals surface area contributed by atoms with E-state index in [2.05, 4.69) is 21.4 Å². The van der Waals surface area contributed by atoms with Gasteiger partial charge in [-0.2, -0.15) is 0 Å². The highest BCUT2D eigenvalue weighted by Crippen LogP contribution is 2.46. The van der Waals surface area contributed by atoms with Crippen LogP contribution >= 0.6 is 0 Å². The fourth-order valence-corrected chi connectivity index (χ4v) is 6.79. The highest BCUT2D eigenvalue weighted by molar-refractivity contribution is 6.28. The Morgan fingerprint density at radius 1 is 1.03 bits per heavy atom. The van der Waals surface area contributed by atoms with E-state index in [1.54, 1.807) is 4.90 Å². The summed E-state index contributed by atoms with van der Waals surface area (Å²) in [5.74, 6) is 1.50. The molecule has 0 unspecified atom stereocenters. The third-order valence-corrected chi connectivity index (χ3v) is 8.75. The van der Waals surface area contributed by atoms with E-state index in [1.165, 1.54) is 32.1 Å². The number of hydrogen-bond donors (Lipinski definition) is 2. The van der Waals surface area contributed by atoms with Gasteiger partial charge in [0.25, 0.3) is 0 Å². The number of carbonyl (C=O) groups excluding carboxylic acids is 1. The van der Waals surface area contributed by atoms with Gasteiger partial charge in [0.2, 0.25) is 0 Å². The van der Waals surface area contributed by atoms with Crippen LogP contribution in [0.2, 0.25) is 0 Å². The summed E-state index contributed by atoms with van der Waals surface area (Å²) in [5, 5.41) is 8.94. The van der Waals surface area contributed by atoms with Crippen LogP contribution in [0.3, 0.4) is 0 Å². The van der Waals surface area contributed by atoms with Crippen molar-refractivity contribution in [2.75, 3.05) is 43.0 Å². The summed E-state index contributed by atoms with van der Waals surface area (Å²) < 4.78 is 11.6. The molecule has 1 saturated carbocycles. The fourth-order valence-electron chi connectivity index (χ4n) is 6.79. The maximum Gasteiger partial charge on any atom is 0.196 e. The predicted molar refractivity (Wildman–Crippen MR) is 154 cm³/mol. The molecule has 7 nitrogen and oxygen atoms in total. The first-order chi connectivity index (χ1) is 19.2. The highest BCUT2D eigenvalue weighted by atomic mass is 16.5. The van der Waals surface area contributed by atoms with Crippen LogP contribution < -0.4 is 19.9 Å². The second kappa shape index (κ2) is 10.0. The van der Waals surface area contributed by atoms with Crippen molar-refractivity contribution in [2.45, 2.75) is 45.1 Å². The SMILES string of the molecule is CCOc1ccc(Nc2cc(N3CC[NH+](C4CCCCC4)CC3)c3noc4c3c2C(=O)c2ccccc2-4)cc1. The minimum Gasteiger partial charge on any atom is -0.494 e. The van der Waals surface area contributed by atoms with E-state index in [1.807, 2.05) is 55.5 Å². The Hall–Kier alpha value is -3.84. The second-order valence-corrected chi connectivity index (χ2v) is 11.0. The van der Waals surface area contributed by atoms with Crippen molar-refractivity contribution < 1.29 is 19.0 Å². The van der Waals surface area contributed by atoms with Gasteiger partial charge in [0.05, 0.1) is 61.2 Å². The van der Waals surface area contributed by atoms with Crippen LogP contribution in [0.5, 0.6) is 5.75 Å². The second-order valence-electron chi connectivity index (χ2n) is 11.0. The van der Waals surface area contributed by atoms with Crippen molar-refractivity contribution in [3.8, 4) is 17.1 Å². The Balaban J connectivity index is 1.29. The zero-order chi connectivity index (χ0) is 26.3. The van der Waals surface area contributed by atoms with Gasteiger partial charge in [-0.05, 0) is 62.9 Å². The topological polar surface area (TPSA) is 72.0 Å². The molecule has 39 heavy (non-hydrogen) atoms. The third kappa shape index (κ3) is 4.25. The van der Waals surface area contributed by atoms with Crippen molar-refractivity contribution in [1.29, 1.82) is 0 Å². The van der Waals surface area contributed by atoms with E-state index in [0.29, 0.717) is 23.5 Å². The zero-order valence-corrected chi connectivity index (χ0v) is 22.5. The van der Waals surface area contributed by atoms with E-state index in [-0.39, 0.29) is 5.78 Å². The molecule has 3 aromatic carbocycles. The molecule has 1 aromatic heterocycles. The number of ketones is 1. The molecule has 0 spiro atoms. The molecular formula is C32H35N4O3+. The molecular weight excluding hydrogens is 488 g/mol. The third-order valence-electron chi connectivity index (χ3n) is 8.75. The summed E-state index contributed by atoms with van der Waals surface area (Å²) in [4.78, 5) is 18.1. The van der Waals surface area contributed by atoms with Gasteiger partial charge >= 0.3 is 0 Å². The number of nitrogens with one attached hydrogen (secondary N) is 2. The summed E-state index contributed by atoms with van der Waals surface area (Å²) in [7, 11) is 0. The average molecular weight is 524 g/mol. The lowest BCUT2D eigenvalue weighted by Crippen LogP contribution is -3.18. The zero-order valence-electron chi connectivity index (χ0n) is 22.5. The molecule has 4 aromatic rings. The molecule has 2 N–H and O–H groups in total. The molecule has 0 atom stereocenters. The molecule has 1 saturated heterocycles. The van der Waals surface area contributed by atoms with Gasteiger partial charge in [0.15, 0.2) is 11.5 Å². The largest absolute Gasteiger partial charge is 0.494 e. The van der Waals surface area contributed by atoms with Gasteiger partial charge in [0, 0.05) is 16.8 Å². The van der Waals surface area contributed by atoms with Crippen LogP contribution in [0.15, 0.2) is 59.1 Å². The molecule has 0 amide bonds. The highest BCUT2D eigenvalue weighted by Gasteiger charge is 2.35. The van der Waals surface area contributed by atoms with Crippen LogP contribution in [0.4, 0.5) is 17.1 Å². The monoisotopic (exact) mass is 523 g/mol. The quantitative estimate of drug-likeness (QED) is 0.318. The van der Waals surface area contributed by atoms with E-state index in [4.69, 9.17) is 9.26 Å². The maximum absolute atomic E-state index is 13.9. The Bertz CT molecular complexity index is 1510. The van der Waals surface area contributed by atoms with E-state index >= 15 is 0 Å². The molecule has 0 radical (unpaired) electrons.